The lowest BCUT2D eigenvalue weighted by Crippen LogP contribution is -2.49. The SMILES string of the molecule is Cc1ccc(C(=O)N2CCN(c3nccc(-c4ccc(N5CCOCC5)cc4)n3)CC2)cc1C. The number of carbonyl (C=O) groups is 1. The minimum absolute atomic E-state index is 0.0952. The molecular formula is C27H31N5O2. The van der Waals surface area contributed by atoms with Gasteiger partial charge in [-0.15, -0.1) is 0 Å². The van der Waals surface area contributed by atoms with Crippen molar-refractivity contribution in [1.29, 1.82) is 0 Å². The average molecular weight is 458 g/mol. The first-order valence-corrected chi connectivity index (χ1v) is 12.0. The number of morpholine rings is 1. The van der Waals surface area contributed by atoms with Gasteiger partial charge in [0.1, 0.15) is 0 Å². The fraction of sp³-hybridized carbons (Fsp3) is 0.370. The number of anilines is 2. The molecule has 1 amide bonds. The van der Waals surface area contributed by atoms with Crippen LogP contribution in [0.25, 0.3) is 11.3 Å². The average Bonchev–Trinajstić information content (AvgIpc) is 2.91. The van der Waals surface area contributed by atoms with Crippen LogP contribution in [0.2, 0.25) is 0 Å². The van der Waals surface area contributed by atoms with Crippen LogP contribution >= 0.6 is 0 Å². The van der Waals surface area contributed by atoms with E-state index in [1.807, 2.05) is 42.3 Å². The van der Waals surface area contributed by atoms with Crippen LogP contribution < -0.4 is 9.80 Å². The van der Waals surface area contributed by atoms with Crippen molar-refractivity contribution < 1.29 is 9.53 Å². The van der Waals surface area contributed by atoms with E-state index >= 15 is 0 Å². The molecule has 0 radical (unpaired) electrons. The molecule has 2 aliphatic rings. The molecule has 3 aromatic rings. The van der Waals surface area contributed by atoms with Gasteiger partial charge in [-0.25, -0.2) is 9.97 Å². The van der Waals surface area contributed by atoms with Gasteiger partial charge in [-0.3, -0.25) is 4.79 Å². The lowest BCUT2D eigenvalue weighted by molar-refractivity contribution is 0.0746. The molecule has 0 N–H and O–H groups in total. The second kappa shape index (κ2) is 9.81. The molecule has 7 heteroatoms. The molecule has 0 aliphatic carbocycles. The number of carbonyl (C=O) groups excluding carboxylic acids is 1. The number of benzene rings is 2. The van der Waals surface area contributed by atoms with Gasteiger partial charge >= 0.3 is 0 Å². The molecule has 0 atom stereocenters. The number of hydrogen-bond acceptors (Lipinski definition) is 6. The van der Waals surface area contributed by atoms with Crippen molar-refractivity contribution in [2.75, 3.05) is 62.3 Å². The Bertz CT molecular complexity index is 1150. The van der Waals surface area contributed by atoms with Crippen molar-refractivity contribution in [3.05, 3.63) is 71.4 Å². The van der Waals surface area contributed by atoms with Gasteiger partial charge in [0.15, 0.2) is 0 Å². The molecule has 0 unspecified atom stereocenters. The number of hydrogen-bond donors (Lipinski definition) is 0. The van der Waals surface area contributed by atoms with E-state index in [0.717, 1.165) is 61.8 Å². The Morgan fingerprint density at radius 3 is 2.26 bits per heavy atom. The topological polar surface area (TPSA) is 61.8 Å². The van der Waals surface area contributed by atoms with Gasteiger partial charge in [-0.05, 0) is 55.3 Å². The van der Waals surface area contributed by atoms with Crippen LogP contribution in [0, 0.1) is 13.8 Å². The number of ether oxygens (including phenoxy) is 1. The molecule has 5 rings (SSSR count). The summed E-state index contributed by atoms with van der Waals surface area (Å²) in [6, 6.07) is 16.4. The van der Waals surface area contributed by atoms with Gasteiger partial charge in [-0.1, -0.05) is 18.2 Å². The minimum atomic E-state index is 0.0952. The van der Waals surface area contributed by atoms with E-state index < -0.39 is 0 Å². The fourth-order valence-electron chi connectivity index (χ4n) is 4.49. The predicted octanol–water partition coefficient (Wildman–Crippen LogP) is 3.56. The zero-order valence-electron chi connectivity index (χ0n) is 19.9. The number of aryl methyl sites for hydroxylation is 2. The van der Waals surface area contributed by atoms with Crippen LogP contribution in [0.3, 0.4) is 0 Å². The van der Waals surface area contributed by atoms with Crippen molar-refractivity contribution in [2.45, 2.75) is 13.8 Å². The Kier molecular flexibility index (Phi) is 6.45. The molecule has 7 nitrogen and oxygen atoms in total. The van der Waals surface area contributed by atoms with Crippen LogP contribution in [-0.4, -0.2) is 73.3 Å². The summed E-state index contributed by atoms with van der Waals surface area (Å²) in [5.74, 6) is 0.811. The number of aromatic nitrogens is 2. The van der Waals surface area contributed by atoms with Crippen LogP contribution in [-0.2, 0) is 4.74 Å². The number of piperazine rings is 1. The normalized spacial score (nSPS) is 16.6. The molecule has 2 fully saturated rings. The van der Waals surface area contributed by atoms with Crippen molar-refractivity contribution in [3.63, 3.8) is 0 Å². The highest BCUT2D eigenvalue weighted by atomic mass is 16.5. The number of amides is 1. The van der Waals surface area contributed by atoms with Crippen molar-refractivity contribution in [2.24, 2.45) is 0 Å². The molecule has 0 saturated carbocycles. The molecular weight excluding hydrogens is 426 g/mol. The van der Waals surface area contributed by atoms with E-state index in [1.54, 1.807) is 0 Å². The van der Waals surface area contributed by atoms with Crippen molar-refractivity contribution >= 4 is 17.5 Å². The molecule has 0 spiro atoms. The maximum absolute atomic E-state index is 13.0. The van der Waals surface area contributed by atoms with Crippen LogP contribution in [0.1, 0.15) is 21.5 Å². The van der Waals surface area contributed by atoms with Crippen LogP contribution in [0.15, 0.2) is 54.7 Å². The van der Waals surface area contributed by atoms with E-state index in [-0.39, 0.29) is 5.91 Å². The highest BCUT2D eigenvalue weighted by molar-refractivity contribution is 5.94. The summed E-state index contributed by atoms with van der Waals surface area (Å²) in [6.45, 7) is 10.3. The largest absolute Gasteiger partial charge is 0.378 e. The van der Waals surface area contributed by atoms with E-state index in [2.05, 4.69) is 46.0 Å². The van der Waals surface area contributed by atoms with E-state index in [4.69, 9.17) is 9.72 Å². The van der Waals surface area contributed by atoms with Gasteiger partial charge in [0, 0.05) is 62.3 Å². The molecule has 1 aromatic heterocycles. The van der Waals surface area contributed by atoms with E-state index in [0.29, 0.717) is 19.0 Å². The smallest absolute Gasteiger partial charge is 0.253 e. The summed E-state index contributed by atoms with van der Waals surface area (Å²) in [5.41, 5.74) is 6.31. The van der Waals surface area contributed by atoms with Gasteiger partial charge in [0.05, 0.1) is 18.9 Å². The third-order valence-electron chi connectivity index (χ3n) is 6.79. The van der Waals surface area contributed by atoms with Crippen molar-refractivity contribution in [3.8, 4) is 11.3 Å². The van der Waals surface area contributed by atoms with E-state index in [9.17, 15) is 4.79 Å². The first kappa shape index (κ1) is 22.3. The van der Waals surface area contributed by atoms with Gasteiger partial charge in [0.2, 0.25) is 5.95 Å². The third kappa shape index (κ3) is 4.75. The zero-order valence-corrected chi connectivity index (χ0v) is 19.9. The maximum atomic E-state index is 13.0. The lowest BCUT2D eigenvalue weighted by atomic mass is 10.1. The van der Waals surface area contributed by atoms with Gasteiger partial charge in [0.25, 0.3) is 5.91 Å². The molecule has 2 saturated heterocycles. The lowest BCUT2D eigenvalue weighted by Gasteiger charge is -2.35. The van der Waals surface area contributed by atoms with Crippen LogP contribution in [0.5, 0.6) is 0 Å². The summed E-state index contributed by atoms with van der Waals surface area (Å²) in [5, 5.41) is 0. The highest BCUT2D eigenvalue weighted by Crippen LogP contribution is 2.24. The Balaban J connectivity index is 1.23. The second-order valence-corrected chi connectivity index (χ2v) is 8.97. The summed E-state index contributed by atoms with van der Waals surface area (Å²) >= 11 is 0. The molecule has 2 aliphatic heterocycles. The number of rotatable bonds is 4. The summed E-state index contributed by atoms with van der Waals surface area (Å²) in [6.07, 6.45) is 1.82. The standard InChI is InChI=1S/C27H31N5O2/c1-20-3-4-23(19-21(20)2)26(33)31-11-13-32(14-12-31)27-28-10-9-25(29-27)22-5-7-24(8-6-22)30-15-17-34-18-16-30/h3-10,19H,11-18H2,1-2H3. The highest BCUT2D eigenvalue weighted by Gasteiger charge is 2.24. The third-order valence-corrected chi connectivity index (χ3v) is 6.79. The first-order valence-electron chi connectivity index (χ1n) is 12.0. The Labute approximate surface area is 201 Å². The first-order chi connectivity index (χ1) is 16.6. The summed E-state index contributed by atoms with van der Waals surface area (Å²) in [4.78, 5) is 28.7. The van der Waals surface area contributed by atoms with Gasteiger partial charge in [-0.2, -0.15) is 0 Å². The fourth-order valence-corrected chi connectivity index (χ4v) is 4.49. The minimum Gasteiger partial charge on any atom is -0.378 e. The maximum Gasteiger partial charge on any atom is 0.253 e. The second-order valence-electron chi connectivity index (χ2n) is 8.97. The monoisotopic (exact) mass is 457 g/mol. The number of nitrogens with zero attached hydrogens (tertiary/aromatic N) is 5. The zero-order chi connectivity index (χ0) is 23.5. The molecule has 34 heavy (non-hydrogen) atoms. The molecule has 2 aromatic carbocycles. The predicted molar refractivity (Wildman–Crippen MR) is 135 cm³/mol. The van der Waals surface area contributed by atoms with E-state index in [1.165, 1.54) is 11.3 Å². The Hall–Kier alpha value is -3.45. The molecule has 3 heterocycles. The summed E-state index contributed by atoms with van der Waals surface area (Å²) < 4.78 is 5.45. The Morgan fingerprint density at radius 2 is 1.56 bits per heavy atom. The van der Waals surface area contributed by atoms with Gasteiger partial charge < -0.3 is 19.4 Å². The van der Waals surface area contributed by atoms with Crippen molar-refractivity contribution in [1.82, 2.24) is 14.9 Å². The molecule has 176 valence electrons. The quantitative estimate of drug-likeness (QED) is 0.597. The Morgan fingerprint density at radius 1 is 0.824 bits per heavy atom. The summed E-state index contributed by atoms with van der Waals surface area (Å²) in [7, 11) is 0. The van der Waals surface area contributed by atoms with Crippen LogP contribution in [0.4, 0.5) is 11.6 Å². The molecule has 0 bridgehead atoms.